The van der Waals surface area contributed by atoms with Crippen molar-refractivity contribution in [1.82, 2.24) is 14.9 Å². The van der Waals surface area contributed by atoms with E-state index in [0.717, 1.165) is 37.1 Å². The molecule has 0 bridgehead atoms. The average Bonchev–Trinajstić information content (AvgIpc) is 3.34. The van der Waals surface area contributed by atoms with Crippen molar-refractivity contribution >= 4 is 17.8 Å². The van der Waals surface area contributed by atoms with Crippen LogP contribution in [0.4, 0.5) is 5.95 Å². The molecule has 2 aliphatic heterocycles. The molecule has 156 valence electrons. The van der Waals surface area contributed by atoms with Gasteiger partial charge in [0.15, 0.2) is 0 Å². The van der Waals surface area contributed by atoms with Crippen molar-refractivity contribution in [2.45, 2.75) is 57.8 Å². The molecule has 5 rings (SSSR count). The van der Waals surface area contributed by atoms with Crippen molar-refractivity contribution in [2.24, 2.45) is 17.3 Å². The summed E-state index contributed by atoms with van der Waals surface area (Å²) < 4.78 is 0. The molecule has 7 nitrogen and oxygen atoms in total. The van der Waals surface area contributed by atoms with E-state index in [2.05, 4.69) is 11.1 Å². The Hall–Kier alpha value is -2.18. The van der Waals surface area contributed by atoms with Crippen molar-refractivity contribution in [3.8, 4) is 0 Å². The molecule has 1 amide bonds. The van der Waals surface area contributed by atoms with Crippen LogP contribution >= 0.6 is 0 Å². The minimum Gasteiger partial charge on any atom is -0.481 e. The molecule has 0 unspecified atom stereocenters. The normalized spacial score (nSPS) is 29.9. The Balaban J connectivity index is 1.36. The Kier molecular flexibility index (Phi) is 4.51. The van der Waals surface area contributed by atoms with Crippen LogP contribution in [0.5, 0.6) is 0 Å². The highest BCUT2D eigenvalue weighted by Crippen LogP contribution is 2.45. The van der Waals surface area contributed by atoms with E-state index < -0.39 is 11.4 Å². The lowest BCUT2D eigenvalue weighted by molar-refractivity contribution is -0.148. The SMILES string of the molecule is Cc1cc(C2CCC2)nc(N2C[C@@H]3CN(C(=O)C4CCCC4)C[C@]3(C(=O)O)C2)n1. The molecule has 2 saturated carbocycles. The number of nitrogens with zero attached hydrogens (tertiary/aromatic N) is 4. The lowest BCUT2D eigenvalue weighted by Crippen LogP contribution is -2.43. The predicted molar refractivity (Wildman–Crippen MR) is 108 cm³/mol. The first-order valence-electron chi connectivity index (χ1n) is 11.1. The number of fused-ring (bicyclic) bond motifs is 1. The summed E-state index contributed by atoms with van der Waals surface area (Å²) in [4.78, 5) is 38.6. The van der Waals surface area contributed by atoms with Gasteiger partial charge in [0.1, 0.15) is 5.41 Å². The van der Waals surface area contributed by atoms with Gasteiger partial charge in [-0.25, -0.2) is 9.97 Å². The summed E-state index contributed by atoms with van der Waals surface area (Å²) in [5.41, 5.74) is 1.13. The number of carboxylic acid groups (broad SMARTS) is 1. The van der Waals surface area contributed by atoms with Crippen LogP contribution < -0.4 is 4.90 Å². The highest BCUT2D eigenvalue weighted by Gasteiger charge is 2.59. The molecular formula is C22H30N4O3. The van der Waals surface area contributed by atoms with Gasteiger partial charge in [0.25, 0.3) is 0 Å². The van der Waals surface area contributed by atoms with Crippen molar-refractivity contribution in [3.05, 3.63) is 17.5 Å². The number of carbonyl (C=O) groups excluding carboxylic acids is 1. The number of hydrogen-bond acceptors (Lipinski definition) is 5. The molecular weight excluding hydrogens is 368 g/mol. The van der Waals surface area contributed by atoms with Crippen molar-refractivity contribution in [3.63, 3.8) is 0 Å². The molecule has 1 aromatic heterocycles. The van der Waals surface area contributed by atoms with E-state index in [1.54, 1.807) is 0 Å². The Morgan fingerprint density at radius 1 is 1.07 bits per heavy atom. The number of aliphatic carboxylic acids is 1. The maximum Gasteiger partial charge on any atom is 0.313 e. The van der Waals surface area contributed by atoms with Gasteiger partial charge in [0.2, 0.25) is 11.9 Å². The van der Waals surface area contributed by atoms with E-state index in [1.807, 2.05) is 16.7 Å². The average molecular weight is 399 g/mol. The third-order valence-corrected chi connectivity index (χ3v) is 7.72. The number of carboxylic acids is 1. The Morgan fingerprint density at radius 2 is 1.83 bits per heavy atom. The molecule has 1 N–H and O–H groups in total. The molecule has 2 saturated heterocycles. The number of aryl methyl sites for hydroxylation is 1. The van der Waals surface area contributed by atoms with Crippen LogP contribution in [-0.2, 0) is 9.59 Å². The number of anilines is 1. The molecule has 3 heterocycles. The minimum atomic E-state index is -0.905. The zero-order valence-corrected chi connectivity index (χ0v) is 17.1. The third-order valence-electron chi connectivity index (χ3n) is 7.72. The van der Waals surface area contributed by atoms with E-state index in [4.69, 9.17) is 4.98 Å². The standard InChI is InChI=1S/C22H30N4O3/c1-14-9-18(15-7-4-8-15)24-21(23-14)26-11-17-10-25(12-22(17,13-26)20(28)29)19(27)16-5-2-3-6-16/h9,15-17H,2-8,10-13H2,1H3,(H,28,29)/t17-,22-/m0/s1. The molecule has 4 fully saturated rings. The third kappa shape index (κ3) is 3.09. The summed E-state index contributed by atoms with van der Waals surface area (Å²) in [6, 6.07) is 2.07. The van der Waals surface area contributed by atoms with Crippen molar-refractivity contribution in [2.75, 3.05) is 31.1 Å². The van der Waals surface area contributed by atoms with E-state index in [0.29, 0.717) is 38.0 Å². The summed E-state index contributed by atoms with van der Waals surface area (Å²) in [5.74, 6) is 0.588. The number of hydrogen-bond donors (Lipinski definition) is 1. The summed E-state index contributed by atoms with van der Waals surface area (Å²) in [7, 11) is 0. The molecule has 2 atom stereocenters. The second-order valence-electron chi connectivity index (χ2n) is 9.60. The summed E-state index contributed by atoms with van der Waals surface area (Å²) in [5, 5.41) is 10.1. The van der Waals surface area contributed by atoms with Gasteiger partial charge in [-0.05, 0) is 38.7 Å². The molecule has 4 aliphatic rings. The van der Waals surface area contributed by atoms with E-state index in [9.17, 15) is 14.7 Å². The van der Waals surface area contributed by atoms with Gasteiger partial charge >= 0.3 is 5.97 Å². The van der Waals surface area contributed by atoms with Gasteiger partial charge < -0.3 is 14.9 Å². The quantitative estimate of drug-likeness (QED) is 0.839. The van der Waals surface area contributed by atoms with Gasteiger partial charge in [-0.15, -0.1) is 0 Å². The Morgan fingerprint density at radius 3 is 2.45 bits per heavy atom. The Labute approximate surface area is 171 Å². The van der Waals surface area contributed by atoms with Crippen LogP contribution in [0, 0.1) is 24.2 Å². The van der Waals surface area contributed by atoms with Gasteiger partial charge in [-0.3, -0.25) is 9.59 Å². The highest BCUT2D eigenvalue weighted by atomic mass is 16.4. The van der Waals surface area contributed by atoms with Gasteiger partial charge in [0, 0.05) is 55.3 Å². The smallest absolute Gasteiger partial charge is 0.313 e. The van der Waals surface area contributed by atoms with Crippen LogP contribution in [0.25, 0.3) is 0 Å². The highest BCUT2D eigenvalue weighted by molar-refractivity contribution is 5.83. The summed E-state index contributed by atoms with van der Waals surface area (Å²) in [6.07, 6.45) is 7.73. The maximum atomic E-state index is 12.9. The van der Waals surface area contributed by atoms with E-state index >= 15 is 0 Å². The van der Waals surface area contributed by atoms with Crippen LogP contribution in [0.1, 0.15) is 62.3 Å². The first kappa shape index (κ1) is 18.8. The monoisotopic (exact) mass is 398 g/mol. The van der Waals surface area contributed by atoms with Crippen molar-refractivity contribution in [1.29, 1.82) is 0 Å². The number of likely N-dealkylation sites (tertiary alicyclic amines) is 1. The zero-order valence-electron chi connectivity index (χ0n) is 17.1. The molecule has 1 aromatic rings. The summed E-state index contributed by atoms with van der Waals surface area (Å²) >= 11 is 0. The van der Waals surface area contributed by atoms with Crippen LogP contribution in [0.2, 0.25) is 0 Å². The molecule has 2 aliphatic carbocycles. The molecule has 29 heavy (non-hydrogen) atoms. The lowest BCUT2D eigenvalue weighted by Gasteiger charge is -2.28. The fourth-order valence-corrected chi connectivity index (χ4v) is 5.75. The fraction of sp³-hybridized carbons (Fsp3) is 0.727. The van der Waals surface area contributed by atoms with E-state index in [1.165, 1.54) is 19.3 Å². The number of aromatic nitrogens is 2. The largest absolute Gasteiger partial charge is 0.481 e. The fourth-order valence-electron chi connectivity index (χ4n) is 5.75. The Bertz CT molecular complexity index is 833. The second kappa shape index (κ2) is 6.96. The maximum absolute atomic E-state index is 12.9. The first-order valence-corrected chi connectivity index (χ1v) is 11.1. The second-order valence-corrected chi connectivity index (χ2v) is 9.60. The predicted octanol–water partition coefficient (Wildman–Crippen LogP) is 2.59. The minimum absolute atomic E-state index is 0.0679. The van der Waals surface area contributed by atoms with Crippen LogP contribution in [-0.4, -0.2) is 58.0 Å². The lowest BCUT2D eigenvalue weighted by atomic mass is 9.81. The topological polar surface area (TPSA) is 86.6 Å². The number of carbonyl (C=O) groups is 2. The number of rotatable bonds is 4. The summed E-state index contributed by atoms with van der Waals surface area (Å²) in [6.45, 7) is 3.84. The molecule has 0 aromatic carbocycles. The van der Waals surface area contributed by atoms with Crippen LogP contribution in [0.15, 0.2) is 6.07 Å². The van der Waals surface area contributed by atoms with Gasteiger partial charge in [0.05, 0.1) is 0 Å². The molecule has 0 spiro atoms. The molecule has 7 heteroatoms. The zero-order chi connectivity index (χ0) is 20.2. The van der Waals surface area contributed by atoms with Gasteiger partial charge in [-0.1, -0.05) is 19.3 Å². The van der Waals surface area contributed by atoms with E-state index in [-0.39, 0.29) is 17.7 Å². The van der Waals surface area contributed by atoms with Crippen LogP contribution in [0.3, 0.4) is 0 Å². The molecule has 0 radical (unpaired) electrons. The first-order chi connectivity index (χ1) is 14.0. The van der Waals surface area contributed by atoms with Gasteiger partial charge in [-0.2, -0.15) is 0 Å². The van der Waals surface area contributed by atoms with Crippen molar-refractivity contribution < 1.29 is 14.7 Å². The number of amides is 1.